The van der Waals surface area contributed by atoms with Gasteiger partial charge in [0.05, 0.1) is 11.4 Å². The molecule has 3 heteroatoms. The Morgan fingerprint density at radius 2 is 2.06 bits per heavy atom. The Bertz CT molecular complexity index is 424. The zero-order chi connectivity index (χ0) is 11.8. The first-order chi connectivity index (χ1) is 8.25. The van der Waals surface area contributed by atoms with Gasteiger partial charge in [-0.2, -0.15) is 0 Å². The average molecular weight is 234 g/mol. The van der Waals surface area contributed by atoms with Gasteiger partial charge in [0.1, 0.15) is 5.82 Å². The summed E-state index contributed by atoms with van der Waals surface area (Å²) < 4.78 is 13.6. The summed E-state index contributed by atoms with van der Waals surface area (Å²) in [5, 5.41) is 3.30. The van der Waals surface area contributed by atoms with Crippen LogP contribution in [0.1, 0.15) is 31.2 Å². The lowest BCUT2D eigenvalue weighted by molar-refractivity contribution is 0.597. The molecule has 2 nitrogen and oxygen atoms in total. The third-order valence-electron chi connectivity index (χ3n) is 4.02. The largest absolute Gasteiger partial charge is 0.382 e. The summed E-state index contributed by atoms with van der Waals surface area (Å²) in [5.41, 5.74) is 2.91. The fraction of sp³-hybridized carbons (Fsp3) is 0.571. The van der Waals surface area contributed by atoms with Crippen LogP contribution in [0.15, 0.2) is 12.1 Å². The maximum absolute atomic E-state index is 13.6. The molecule has 1 aliphatic heterocycles. The molecule has 0 saturated heterocycles. The highest BCUT2D eigenvalue weighted by molar-refractivity contribution is 5.73. The smallest absolute Gasteiger partial charge is 0.128 e. The Kier molecular flexibility index (Phi) is 2.69. The second-order valence-electron chi connectivity index (χ2n) is 5.18. The molecule has 2 aliphatic rings. The lowest BCUT2D eigenvalue weighted by atomic mass is 10.1. The monoisotopic (exact) mass is 234 g/mol. The van der Waals surface area contributed by atoms with E-state index in [4.69, 9.17) is 0 Å². The molecule has 1 fully saturated rings. The van der Waals surface area contributed by atoms with E-state index >= 15 is 0 Å². The summed E-state index contributed by atoms with van der Waals surface area (Å²) in [6, 6.07) is 4.31. The maximum atomic E-state index is 13.6. The van der Waals surface area contributed by atoms with E-state index in [1.165, 1.54) is 31.4 Å². The van der Waals surface area contributed by atoms with Crippen LogP contribution >= 0.6 is 0 Å². The molecule has 0 atom stereocenters. The van der Waals surface area contributed by atoms with E-state index in [9.17, 15) is 4.39 Å². The van der Waals surface area contributed by atoms with Crippen LogP contribution in [0.4, 0.5) is 15.8 Å². The van der Waals surface area contributed by atoms with E-state index in [0.29, 0.717) is 6.04 Å². The van der Waals surface area contributed by atoms with E-state index in [2.05, 4.69) is 10.2 Å². The molecular weight excluding hydrogens is 215 g/mol. The van der Waals surface area contributed by atoms with Crippen molar-refractivity contribution < 1.29 is 4.39 Å². The summed E-state index contributed by atoms with van der Waals surface area (Å²) >= 11 is 0. The SMILES string of the molecule is Cc1cc2c(cc1F)NCCN2C1CCCC1. The summed E-state index contributed by atoms with van der Waals surface area (Å²) in [6.07, 6.45) is 5.25. The first-order valence-electron chi connectivity index (χ1n) is 6.56. The highest BCUT2D eigenvalue weighted by Crippen LogP contribution is 2.36. The Labute approximate surface area is 102 Å². The lowest BCUT2D eigenvalue weighted by Gasteiger charge is -2.37. The van der Waals surface area contributed by atoms with Gasteiger partial charge < -0.3 is 10.2 Å². The van der Waals surface area contributed by atoms with Crippen LogP contribution < -0.4 is 10.2 Å². The molecule has 0 unspecified atom stereocenters. The van der Waals surface area contributed by atoms with Crippen LogP contribution in [0.3, 0.4) is 0 Å². The maximum Gasteiger partial charge on any atom is 0.128 e. The number of hydrogen-bond donors (Lipinski definition) is 1. The minimum Gasteiger partial charge on any atom is -0.382 e. The number of halogens is 1. The van der Waals surface area contributed by atoms with Crippen molar-refractivity contribution in [3.63, 3.8) is 0 Å². The number of nitrogens with one attached hydrogen (secondary N) is 1. The van der Waals surface area contributed by atoms with Crippen LogP contribution in [-0.4, -0.2) is 19.1 Å². The summed E-state index contributed by atoms with van der Waals surface area (Å²) in [6.45, 7) is 3.81. The van der Waals surface area contributed by atoms with E-state index < -0.39 is 0 Å². The van der Waals surface area contributed by atoms with E-state index in [0.717, 1.165) is 24.3 Å². The second-order valence-corrected chi connectivity index (χ2v) is 5.18. The van der Waals surface area contributed by atoms with Gasteiger partial charge in [-0.15, -0.1) is 0 Å². The van der Waals surface area contributed by atoms with Gasteiger partial charge in [0.25, 0.3) is 0 Å². The minimum absolute atomic E-state index is 0.107. The van der Waals surface area contributed by atoms with Gasteiger partial charge in [0.2, 0.25) is 0 Å². The standard InChI is InChI=1S/C14H19FN2/c1-10-8-14-13(9-12(10)15)16-6-7-17(14)11-4-2-3-5-11/h8-9,11,16H,2-7H2,1H3. The van der Waals surface area contributed by atoms with Crippen LogP contribution in [0.2, 0.25) is 0 Å². The molecule has 1 aromatic rings. The second kappa shape index (κ2) is 4.21. The van der Waals surface area contributed by atoms with Crippen molar-refractivity contribution in [3.8, 4) is 0 Å². The van der Waals surface area contributed by atoms with Gasteiger partial charge in [-0.1, -0.05) is 12.8 Å². The number of benzene rings is 1. The van der Waals surface area contributed by atoms with Crippen molar-refractivity contribution >= 4 is 11.4 Å². The van der Waals surface area contributed by atoms with E-state index in [1.807, 2.05) is 13.0 Å². The number of fused-ring (bicyclic) bond motifs is 1. The third kappa shape index (κ3) is 1.88. The number of aryl methyl sites for hydroxylation is 1. The molecule has 1 aliphatic carbocycles. The van der Waals surface area contributed by atoms with Crippen molar-refractivity contribution in [2.24, 2.45) is 0 Å². The molecule has 1 saturated carbocycles. The van der Waals surface area contributed by atoms with Gasteiger partial charge in [-0.3, -0.25) is 0 Å². The normalized spacial score (nSPS) is 20.2. The highest BCUT2D eigenvalue weighted by atomic mass is 19.1. The molecule has 0 aromatic heterocycles. The minimum atomic E-state index is -0.107. The predicted molar refractivity (Wildman–Crippen MR) is 69.2 cm³/mol. The van der Waals surface area contributed by atoms with E-state index in [1.54, 1.807) is 6.07 Å². The predicted octanol–water partition coefficient (Wildman–Crippen LogP) is 3.31. The van der Waals surface area contributed by atoms with Gasteiger partial charge in [0, 0.05) is 19.1 Å². The number of hydrogen-bond acceptors (Lipinski definition) is 2. The van der Waals surface area contributed by atoms with Gasteiger partial charge >= 0.3 is 0 Å². The third-order valence-corrected chi connectivity index (χ3v) is 4.02. The molecule has 92 valence electrons. The Morgan fingerprint density at radius 1 is 1.29 bits per heavy atom. The van der Waals surface area contributed by atoms with E-state index in [-0.39, 0.29) is 5.82 Å². The molecule has 1 N–H and O–H groups in total. The molecule has 0 spiro atoms. The molecule has 3 rings (SSSR count). The van der Waals surface area contributed by atoms with Crippen LogP contribution in [0.5, 0.6) is 0 Å². The van der Waals surface area contributed by atoms with Crippen molar-refractivity contribution in [2.45, 2.75) is 38.6 Å². The molecule has 0 radical (unpaired) electrons. The molecule has 1 aromatic carbocycles. The Morgan fingerprint density at radius 3 is 2.82 bits per heavy atom. The first kappa shape index (κ1) is 10.9. The first-order valence-corrected chi connectivity index (χ1v) is 6.56. The number of nitrogens with zero attached hydrogens (tertiary/aromatic N) is 1. The Balaban J connectivity index is 1.97. The van der Waals surface area contributed by atoms with Gasteiger partial charge in [-0.05, 0) is 37.5 Å². The quantitative estimate of drug-likeness (QED) is 0.802. The molecule has 17 heavy (non-hydrogen) atoms. The fourth-order valence-electron chi connectivity index (χ4n) is 3.07. The van der Waals surface area contributed by atoms with Crippen molar-refractivity contribution in [1.29, 1.82) is 0 Å². The zero-order valence-electron chi connectivity index (χ0n) is 10.3. The Hall–Kier alpha value is -1.25. The van der Waals surface area contributed by atoms with Gasteiger partial charge in [-0.25, -0.2) is 4.39 Å². The van der Waals surface area contributed by atoms with Crippen LogP contribution in [0, 0.1) is 12.7 Å². The molecule has 0 amide bonds. The van der Waals surface area contributed by atoms with Gasteiger partial charge in [0.15, 0.2) is 0 Å². The average Bonchev–Trinajstić information content (AvgIpc) is 2.83. The van der Waals surface area contributed by atoms with Crippen LogP contribution in [-0.2, 0) is 0 Å². The molecular formula is C14H19FN2. The fourth-order valence-corrected chi connectivity index (χ4v) is 3.07. The molecule has 1 heterocycles. The van der Waals surface area contributed by atoms with Crippen molar-refractivity contribution in [3.05, 3.63) is 23.5 Å². The van der Waals surface area contributed by atoms with Crippen LogP contribution in [0.25, 0.3) is 0 Å². The topological polar surface area (TPSA) is 15.3 Å². The molecule has 0 bridgehead atoms. The number of anilines is 2. The highest BCUT2D eigenvalue weighted by Gasteiger charge is 2.27. The lowest BCUT2D eigenvalue weighted by Crippen LogP contribution is -2.40. The number of rotatable bonds is 1. The summed E-state index contributed by atoms with van der Waals surface area (Å²) in [7, 11) is 0. The van der Waals surface area contributed by atoms with Crippen molar-refractivity contribution in [2.75, 3.05) is 23.3 Å². The summed E-state index contributed by atoms with van der Waals surface area (Å²) in [4.78, 5) is 2.48. The van der Waals surface area contributed by atoms with Crippen molar-refractivity contribution in [1.82, 2.24) is 0 Å². The zero-order valence-corrected chi connectivity index (χ0v) is 10.3. The summed E-state index contributed by atoms with van der Waals surface area (Å²) in [5.74, 6) is -0.107.